The second-order valence-corrected chi connectivity index (χ2v) is 13.8. The number of nitrogens with one attached hydrogen (secondary N) is 1. The first-order valence-corrected chi connectivity index (χ1v) is 16.5. The smallest absolute Gasteiger partial charge is 0.264 e. The van der Waals surface area contributed by atoms with E-state index in [1.54, 1.807) is 84.1 Å². The predicted octanol–water partition coefficient (Wildman–Crippen LogP) is 8.88. The van der Waals surface area contributed by atoms with Crippen molar-refractivity contribution in [3.63, 3.8) is 0 Å². The number of thiazole rings is 1. The Labute approximate surface area is 265 Å². The molecule has 0 radical (unpaired) electrons. The molecule has 1 heterocycles. The summed E-state index contributed by atoms with van der Waals surface area (Å²) in [6, 6.07) is 34.2. The largest absolute Gasteiger partial charge is 0.322 e. The van der Waals surface area contributed by atoms with Crippen molar-refractivity contribution in [3.8, 4) is 10.6 Å². The molecule has 1 N–H and O–H groups in total. The molecule has 0 bridgehead atoms. The maximum atomic E-state index is 13.8. The van der Waals surface area contributed by atoms with E-state index < -0.39 is 10.0 Å². The van der Waals surface area contributed by atoms with Crippen LogP contribution in [0, 0.1) is 13.8 Å². The molecule has 0 saturated heterocycles. The van der Waals surface area contributed by atoms with Crippen molar-refractivity contribution < 1.29 is 13.2 Å². The molecule has 44 heavy (non-hydrogen) atoms. The zero-order valence-electron chi connectivity index (χ0n) is 24.0. The number of aromatic nitrogens is 1. The number of anilines is 2. The summed E-state index contributed by atoms with van der Waals surface area (Å²) in [5, 5.41) is 4.30. The van der Waals surface area contributed by atoms with Gasteiger partial charge in [0, 0.05) is 21.8 Å². The molecule has 0 aliphatic rings. The van der Waals surface area contributed by atoms with Crippen molar-refractivity contribution in [1.82, 2.24) is 4.98 Å². The van der Waals surface area contributed by atoms with E-state index in [0.29, 0.717) is 22.0 Å². The summed E-state index contributed by atoms with van der Waals surface area (Å²) >= 11 is 7.92. The number of hydrogen-bond donors (Lipinski definition) is 1. The number of aryl methyl sites for hydroxylation is 2. The highest BCUT2D eigenvalue weighted by molar-refractivity contribution is 7.92. The van der Waals surface area contributed by atoms with Gasteiger partial charge in [-0.2, -0.15) is 0 Å². The number of carbonyl (C=O) groups excluding carboxylic acids is 1. The second kappa shape index (κ2) is 12.2. The minimum Gasteiger partial charge on any atom is -0.322 e. The highest BCUT2D eigenvalue weighted by atomic mass is 35.5. The van der Waals surface area contributed by atoms with Crippen molar-refractivity contribution >= 4 is 60.5 Å². The number of carbonyl (C=O) groups is 1. The van der Waals surface area contributed by atoms with Crippen molar-refractivity contribution in [1.29, 1.82) is 0 Å². The molecular formula is C35H28ClN3O3S2. The SMILES string of the molecule is Cc1ccc2nc(-c3ccc(NC(=O)c4ccc(CN(c5cc(Cl)ccc5C)S(=O)(=O)c5ccccc5)cc4)cc3)sc2c1. The number of nitrogens with zero attached hydrogens (tertiary/aromatic N) is 2. The Bertz CT molecular complexity index is 2080. The molecule has 6 rings (SSSR count). The molecule has 0 fully saturated rings. The Balaban J connectivity index is 1.19. The molecule has 9 heteroatoms. The molecule has 0 saturated carbocycles. The molecule has 0 spiro atoms. The van der Waals surface area contributed by atoms with Crippen LogP contribution in [0.1, 0.15) is 27.0 Å². The second-order valence-electron chi connectivity index (χ2n) is 10.5. The van der Waals surface area contributed by atoms with E-state index in [-0.39, 0.29) is 17.3 Å². The van der Waals surface area contributed by atoms with Gasteiger partial charge in [0.1, 0.15) is 5.01 Å². The summed E-state index contributed by atoms with van der Waals surface area (Å²) in [6.07, 6.45) is 0. The highest BCUT2D eigenvalue weighted by Gasteiger charge is 2.26. The minimum atomic E-state index is -3.90. The van der Waals surface area contributed by atoms with Gasteiger partial charge in [0.15, 0.2) is 0 Å². The minimum absolute atomic E-state index is 0.0626. The molecule has 0 unspecified atom stereocenters. The predicted molar refractivity (Wildman–Crippen MR) is 180 cm³/mol. The lowest BCUT2D eigenvalue weighted by Gasteiger charge is -2.26. The third-order valence-electron chi connectivity index (χ3n) is 7.25. The molecular weight excluding hydrogens is 610 g/mol. The van der Waals surface area contributed by atoms with Gasteiger partial charge in [-0.15, -0.1) is 11.3 Å². The van der Waals surface area contributed by atoms with Crippen LogP contribution >= 0.6 is 22.9 Å². The number of fused-ring (bicyclic) bond motifs is 1. The summed E-state index contributed by atoms with van der Waals surface area (Å²) in [4.78, 5) is 18.0. The molecule has 5 aromatic carbocycles. The molecule has 1 amide bonds. The molecule has 6 nitrogen and oxygen atoms in total. The molecule has 0 aliphatic carbocycles. The van der Waals surface area contributed by atoms with Gasteiger partial charge >= 0.3 is 0 Å². The number of halogens is 1. The number of benzene rings is 5. The van der Waals surface area contributed by atoms with Gasteiger partial charge < -0.3 is 5.32 Å². The van der Waals surface area contributed by atoms with Crippen LogP contribution in [0.3, 0.4) is 0 Å². The van der Waals surface area contributed by atoms with Crippen molar-refractivity contribution in [2.24, 2.45) is 0 Å². The Kier molecular flexibility index (Phi) is 8.23. The molecule has 0 atom stereocenters. The highest BCUT2D eigenvalue weighted by Crippen LogP contribution is 2.33. The Hall–Kier alpha value is -4.50. The number of amides is 1. The van der Waals surface area contributed by atoms with E-state index in [1.807, 2.05) is 37.3 Å². The van der Waals surface area contributed by atoms with Crippen LogP contribution in [0.15, 0.2) is 120 Å². The molecule has 6 aromatic rings. The molecule has 220 valence electrons. The van der Waals surface area contributed by atoms with Crippen LogP contribution in [-0.4, -0.2) is 19.3 Å². The summed E-state index contributed by atoms with van der Waals surface area (Å²) in [7, 11) is -3.90. The first-order valence-electron chi connectivity index (χ1n) is 13.9. The van der Waals surface area contributed by atoms with E-state index in [2.05, 4.69) is 24.4 Å². The lowest BCUT2D eigenvalue weighted by atomic mass is 10.1. The monoisotopic (exact) mass is 637 g/mol. The quantitative estimate of drug-likeness (QED) is 0.181. The normalized spacial score (nSPS) is 11.4. The fraction of sp³-hybridized carbons (Fsp3) is 0.0857. The van der Waals surface area contributed by atoms with Gasteiger partial charge in [-0.3, -0.25) is 9.10 Å². The van der Waals surface area contributed by atoms with Crippen LogP contribution in [0.2, 0.25) is 5.02 Å². The average molecular weight is 638 g/mol. The van der Waals surface area contributed by atoms with Crippen molar-refractivity contribution in [3.05, 3.63) is 143 Å². The third-order valence-corrected chi connectivity index (χ3v) is 10.3. The zero-order chi connectivity index (χ0) is 30.8. The Morgan fingerprint density at radius 1 is 0.864 bits per heavy atom. The zero-order valence-corrected chi connectivity index (χ0v) is 26.4. The average Bonchev–Trinajstić information content (AvgIpc) is 3.45. The topological polar surface area (TPSA) is 79.4 Å². The first-order chi connectivity index (χ1) is 21.2. The van der Waals surface area contributed by atoms with E-state index in [4.69, 9.17) is 16.6 Å². The fourth-order valence-electron chi connectivity index (χ4n) is 4.85. The van der Waals surface area contributed by atoms with E-state index >= 15 is 0 Å². The van der Waals surface area contributed by atoms with Crippen LogP contribution in [-0.2, 0) is 16.6 Å². The maximum Gasteiger partial charge on any atom is 0.264 e. The number of hydrogen-bond acceptors (Lipinski definition) is 5. The van der Waals surface area contributed by atoms with Crippen LogP contribution < -0.4 is 9.62 Å². The van der Waals surface area contributed by atoms with Crippen LogP contribution in [0.5, 0.6) is 0 Å². The van der Waals surface area contributed by atoms with Gasteiger partial charge in [-0.05, 0) is 103 Å². The Morgan fingerprint density at radius 3 is 2.32 bits per heavy atom. The molecule has 1 aromatic heterocycles. The summed E-state index contributed by atoms with van der Waals surface area (Å²) < 4.78 is 30.0. The van der Waals surface area contributed by atoms with Crippen molar-refractivity contribution in [2.75, 3.05) is 9.62 Å². The van der Waals surface area contributed by atoms with Crippen molar-refractivity contribution in [2.45, 2.75) is 25.3 Å². The van der Waals surface area contributed by atoms with Gasteiger partial charge in [-0.1, -0.05) is 54.1 Å². The van der Waals surface area contributed by atoms with Gasteiger partial charge in [-0.25, -0.2) is 13.4 Å². The lowest BCUT2D eigenvalue weighted by molar-refractivity contribution is 0.102. The number of rotatable bonds is 8. The van der Waals surface area contributed by atoms with E-state index in [0.717, 1.165) is 31.9 Å². The fourth-order valence-corrected chi connectivity index (χ4v) is 7.62. The Morgan fingerprint density at radius 2 is 1.59 bits per heavy atom. The maximum absolute atomic E-state index is 13.8. The summed E-state index contributed by atoms with van der Waals surface area (Å²) in [5.41, 5.74) is 6.25. The van der Waals surface area contributed by atoms with Gasteiger partial charge in [0.05, 0.1) is 27.3 Å². The molecule has 0 aliphatic heterocycles. The number of sulfonamides is 1. The first kappa shape index (κ1) is 29.6. The van der Waals surface area contributed by atoms with Gasteiger partial charge in [0.25, 0.3) is 15.9 Å². The standard InChI is InChI=1S/C35H28ClN3O3S2/c1-23-8-19-31-33(20-23)43-35(38-31)27-14-17-29(18-15-27)37-34(40)26-12-10-25(11-13-26)22-39(32-21-28(36)16-9-24(32)2)44(41,42)30-6-4-3-5-7-30/h3-21H,22H2,1-2H3,(H,37,40). The summed E-state index contributed by atoms with van der Waals surface area (Å²) in [5.74, 6) is -0.265. The van der Waals surface area contributed by atoms with Crippen LogP contribution in [0.25, 0.3) is 20.8 Å². The van der Waals surface area contributed by atoms with E-state index in [1.165, 1.54) is 9.87 Å². The third kappa shape index (κ3) is 6.24. The van der Waals surface area contributed by atoms with Crippen LogP contribution in [0.4, 0.5) is 11.4 Å². The summed E-state index contributed by atoms with van der Waals surface area (Å²) in [6.45, 7) is 3.98. The van der Waals surface area contributed by atoms with Gasteiger partial charge in [0.2, 0.25) is 0 Å². The lowest BCUT2D eigenvalue weighted by Crippen LogP contribution is -2.31. The van der Waals surface area contributed by atoms with E-state index in [9.17, 15) is 13.2 Å².